The van der Waals surface area contributed by atoms with Crippen molar-refractivity contribution in [2.45, 2.75) is 38.7 Å². The number of hydrogen-bond acceptors (Lipinski definition) is 6. The van der Waals surface area contributed by atoms with Crippen LogP contribution in [-0.4, -0.2) is 68.2 Å². The number of anilines is 1. The fourth-order valence-corrected chi connectivity index (χ4v) is 3.81. The second-order valence-corrected chi connectivity index (χ2v) is 7.77. The molecule has 2 fully saturated rings. The molecule has 0 aliphatic carbocycles. The van der Waals surface area contributed by atoms with E-state index in [1.165, 1.54) is 0 Å². The Morgan fingerprint density at radius 1 is 1.13 bits per heavy atom. The van der Waals surface area contributed by atoms with E-state index < -0.39 is 0 Å². The Morgan fingerprint density at radius 2 is 1.87 bits per heavy atom. The molecule has 2 heterocycles. The molecule has 1 aromatic carbocycles. The molecule has 2 amide bonds. The number of piperidine rings is 1. The molecule has 0 spiro atoms. The van der Waals surface area contributed by atoms with Crippen molar-refractivity contribution in [1.29, 1.82) is 0 Å². The summed E-state index contributed by atoms with van der Waals surface area (Å²) in [5, 5.41) is 5.75. The molecule has 1 atom stereocenters. The summed E-state index contributed by atoms with van der Waals surface area (Å²) in [6, 6.07) is 6.86. The summed E-state index contributed by atoms with van der Waals surface area (Å²) in [5.41, 5.74) is 1.20. The number of benzene rings is 1. The fraction of sp³-hybridized carbons (Fsp3) is 0.591. The third-order valence-electron chi connectivity index (χ3n) is 5.52. The van der Waals surface area contributed by atoms with E-state index in [2.05, 4.69) is 10.6 Å². The second kappa shape index (κ2) is 11.1. The van der Waals surface area contributed by atoms with Gasteiger partial charge in [-0.2, -0.15) is 0 Å². The minimum atomic E-state index is -0.146. The molecule has 2 aliphatic rings. The zero-order chi connectivity index (χ0) is 21.3. The van der Waals surface area contributed by atoms with Crippen molar-refractivity contribution < 1.29 is 23.9 Å². The number of ether oxygens (including phenoxy) is 2. The zero-order valence-corrected chi connectivity index (χ0v) is 17.5. The van der Waals surface area contributed by atoms with E-state index in [9.17, 15) is 14.4 Å². The summed E-state index contributed by atoms with van der Waals surface area (Å²) in [6.07, 6.45) is 3.54. The van der Waals surface area contributed by atoms with Gasteiger partial charge in [0.15, 0.2) is 0 Å². The number of rotatable bonds is 8. The first-order valence-electron chi connectivity index (χ1n) is 10.7. The van der Waals surface area contributed by atoms with Crippen molar-refractivity contribution in [2.24, 2.45) is 5.92 Å². The van der Waals surface area contributed by atoms with Gasteiger partial charge in [-0.15, -0.1) is 0 Å². The summed E-state index contributed by atoms with van der Waals surface area (Å²) in [7, 11) is 0. The maximum atomic E-state index is 12.3. The van der Waals surface area contributed by atoms with Gasteiger partial charge in [0.05, 0.1) is 25.2 Å². The Bertz CT molecular complexity index is 723. The molecule has 2 aliphatic heterocycles. The highest BCUT2D eigenvalue weighted by Crippen LogP contribution is 2.19. The predicted molar refractivity (Wildman–Crippen MR) is 112 cm³/mol. The quantitative estimate of drug-likeness (QED) is 0.626. The first kappa shape index (κ1) is 22.2. The van der Waals surface area contributed by atoms with Gasteiger partial charge in [-0.3, -0.25) is 19.3 Å². The molecule has 1 aromatic rings. The summed E-state index contributed by atoms with van der Waals surface area (Å²) < 4.78 is 10.6. The number of hydrogen-bond donors (Lipinski definition) is 2. The monoisotopic (exact) mass is 417 g/mol. The molecule has 2 saturated heterocycles. The first-order valence-corrected chi connectivity index (χ1v) is 10.7. The van der Waals surface area contributed by atoms with Crippen LogP contribution >= 0.6 is 0 Å². The normalized spacial score (nSPS) is 20.0. The van der Waals surface area contributed by atoms with E-state index in [1.54, 1.807) is 24.3 Å². The van der Waals surface area contributed by atoms with Crippen molar-refractivity contribution in [1.82, 2.24) is 10.2 Å². The molecule has 0 aromatic heterocycles. The SMILES string of the molecule is CCOC(=O)C1CCN(CC(=O)Nc2ccc(C(=O)NCC3CCCO3)cc2)CC1. The van der Waals surface area contributed by atoms with Crippen molar-refractivity contribution in [3.05, 3.63) is 29.8 Å². The van der Waals surface area contributed by atoms with Crippen LogP contribution in [-0.2, 0) is 19.1 Å². The number of nitrogens with zero attached hydrogens (tertiary/aromatic N) is 1. The molecule has 3 rings (SSSR count). The van der Waals surface area contributed by atoms with Gasteiger partial charge < -0.3 is 20.1 Å². The Labute approximate surface area is 177 Å². The van der Waals surface area contributed by atoms with Gasteiger partial charge in [0.1, 0.15) is 0 Å². The molecular weight excluding hydrogens is 386 g/mol. The van der Waals surface area contributed by atoms with Crippen molar-refractivity contribution in [3.8, 4) is 0 Å². The molecule has 30 heavy (non-hydrogen) atoms. The number of carbonyl (C=O) groups excluding carboxylic acids is 3. The van der Waals surface area contributed by atoms with Crippen molar-refractivity contribution >= 4 is 23.5 Å². The van der Waals surface area contributed by atoms with E-state index in [-0.39, 0.29) is 36.4 Å². The third-order valence-corrected chi connectivity index (χ3v) is 5.52. The van der Waals surface area contributed by atoms with Gasteiger partial charge in [-0.25, -0.2) is 0 Å². The van der Waals surface area contributed by atoms with Gasteiger partial charge in [0, 0.05) is 24.4 Å². The number of nitrogens with one attached hydrogen (secondary N) is 2. The van der Waals surface area contributed by atoms with Crippen LogP contribution in [0.25, 0.3) is 0 Å². The molecule has 0 radical (unpaired) electrons. The summed E-state index contributed by atoms with van der Waals surface area (Å²) >= 11 is 0. The first-order chi connectivity index (χ1) is 14.5. The van der Waals surface area contributed by atoms with E-state index in [4.69, 9.17) is 9.47 Å². The van der Waals surface area contributed by atoms with Gasteiger partial charge in [-0.1, -0.05) is 0 Å². The fourth-order valence-electron chi connectivity index (χ4n) is 3.81. The maximum absolute atomic E-state index is 12.3. The van der Waals surface area contributed by atoms with Crippen LogP contribution in [0.1, 0.15) is 43.0 Å². The standard InChI is InChI=1S/C22H31N3O5/c1-2-29-22(28)17-9-11-25(12-10-17)15-20(26)24-18-7-5-16(6-8-18)21(27)23-14-19-4-3-13-30-19/h5-8,17,19H,2-4,9-15H2,1H3,(H,23,27)(H,24,26). The lowest BCUT2D eigenvalue weighted by Crippen LogP contribution is -2.41. The maximum Gasteiger partial charge on any atom is 0.309 e. The number of esters is 1. The highest BCUT2D eigenvalue weighted by atomic mass is 16.5. The smallest absolute Gasteiger partial charge is 0.309 e. The van der Waals surface area contributed by atoms with Crippen LogP contribution in [0, 0.1) is 5.92 Å². The third kappa shape index (κ3) is 6.53. The minimum absolute atomic E-state index is 0.0665. The second-order valence-electron chi connectivity index (χ2n) is 7.77. The molecular formula is C22H31N3O5. The van der Waals surface area contributed by atoms with Crippen LogP contribution in [0.15, 0.2) is 24.3 Å². The molecule has 164 valence electrons. The molecule has 0 saturated carbocycles. The van der Waals surface area contributed by atoms with Crippen molar-refractivity contribution in [3.63, 3.8) is 0 Å². The number of likely N-dealkylation sites (tertiary alicyclic amines) is 1. The topological polar surface area (TPSA) is 97.0 Å². The Kier molecular flexibility index (Phi) is 8.21. The summed E-state index contributed by atoms with van der Waals surface area (Å²) in [5.74, 6) is -0.460. The van der Waals surface area contributed by atoms with Crippen LogP contribution in [0.5, 0.6) is 0 Å². The van der Waals surface area contributed by atoms with Crippen LogP contribution in [0.3, 0.4) is 0 Å². The Hall–Kier alpha value is -2.45. The highest BCUT2D eigenvalue weighted by Gasteiger charge is 2.26. The molecule has 8 nitrogen and oxygen atoms in total. The summed E-state index contributed by atoms with van der Waals surface area (Å²) in [6.45, 7) is 5.15. The van der Waals surface area contributed by atoms with E-state index in [0.29, 0.717) is 50.3 Å². The van der Waals surface area contributed by atoms with Crippen LogP contribution < -0.4 is 10.6 Å². The number of carbonyl (C=O) groups is 3. The van der Waals surface area contributed by atoms with E-state index >= 15 is 0 Å². The van der Waals surface area contributed by atoms with Crippen molar-refractivity contribution in [2.75, 3.05) is 44.7 Å². The van der Waals surface area contributed by atoms with Gasteiger partial charge in [0.25, 0.3) is 5.91 Å². The molecule has 8 heteroatoms. The molecule has 0 bridgehead atoms. The van der Waals surface area contributed by atoms with E-state index in [1.807, 2.05) is 11.8 Å². The van der Waals surface area contributed by atoms with Gasteiger partial charge in [0.2, 0.25) is 5.91 Å². The largest absolute Gasteiger partial charge is 0.466 e. The van der Waals surface area contributed by atoms with Crippen LogP contribution in [0.4, 0.5) is 5.69 Å². The van der Waals surface area contributed by atoms with Crippen LogP contribution in [0.2, 0.25) is 0 Å². The van der Waals surface area contributed by atoms with Gasteiger partial charge in [-0.05, 0) is 70.0 Å². The molecule has 2 N–H and O–H groups in total. The lowest BCUT2D eigenvalue weighted by Gasteiger charge is -2.30. The summed E-state index contributed by atoms with van der Waals surface area (Å²) in [4.78, 5) is 38.4. The van der Waals surface area contributed by atoms with E-state index in [0.717, 1.165) is 19.4 Å². The number of amides is 2. The lowest BCUT2D eigenvalue weighted by atomic mass is 9.97. The Balaban J connectivity index is 1.39. The molecule has 1 unspecified atom stereocenters. The predicted octanol–water partition coefficient (Wildman–Crippen LogP) is 1.81. The lowest BCUT2D eigenvalue weighted by molar-refractivity contribution is -0.149. The highest BCUT2D eigenvalue weighted by molar-refractivity contribution is 5.96. The average molecular weight is 418 g/mol. The zero-order valence-electron chi connectivity index (χ0n) is 17.5. The average Bonchev–Trinajstić information content (AvgIpc) is 3.27. The Morgan fingerprint density at radius 3 is 2.50 bits per heavy atom. The minimum Gasteiger partial charge on any atom is -0.466 e. The van der Waals surface area contributed by atoms with Gasteiger partial charge >= 0.3 is 5.97 Å².